The van der Waals surface area contributed by atoms with Gasteiger partial charge in [0.25, 0.3) is 0 Å². The van der Waals surface area contributed by atoms with E-state index in [0.717, 1.165) is 26.8 Å². The van der Waals surface area contributed by atoms with Crippen LogP contribution in [0, 0.1) is 11.8 Å². The van der Waals surface area contributed by atoms with E-state index in [-0.39, 0.29) is 5.69 Å². The lowest BCUT2D eigenvalue weighted by molar-refractivity contribution is -0.657. The number of thiazole rings is 1. The Morgan fingerprint density at radius 1 is 1.20 bits per heavy atom. The number of rotatable bonds is 4. The fourth-order valence-corrected chi connectivity index (χ4v) is 3.54. The van der Waals surface area contributed by atoms with Crippen molar-refractivity contribution in [1.29, 1.82) is 0 Å². The molecule has 7 nitrogen and oxygen atoms in total. The highest BCUT2D eigenvalue weighted by atomic mass is 32.1. The van der Waals surface area contributed by atoms with E-state index in [9.17, 15) is 4.91 Å². The van der Waals surface area contributed by atoms with Crippen LogP contribution in [0.25, 0.3) is 27.0 Å². The number of aromatic nitrogens is 5. The molecule has 0 aliphatic heterocycles. The fourth-order valence-electron chi connectivity index (χ4n) is 2.51. The first kappa shape index (κ1) is 15.3. The van der Waals surface area contributed by atoms with Gasteiger partial charge in [-0.15, -0.1) is 20.9 Å². The molecule has 4 heterocycles. The summed E-state index contributed by atoms with van der Waals surface area (Å²) in [4.78, 5) is 25.0. The molecule has 0 saturated heterocycles. The van der Waals surface area contributed by atoms with E-state index in [0.29, 0.717) is 5.82 Å². The Morgan fingerprint density at radius 3 is 2.88 bits per heavy atom. The molecule has 0 atom stereocenters. The molecular formula is C17H13N6OS+. The number of hydrogen-bond acceptors (Lipinski definition) is 6. The largest absolute Gasteiger partial charge is 0.375 e. The Morgan fingerprint density at radius 2 is 2.08 bits per heavy atom. The van der Waals surface area contributed by atoms with Crippen molar-refractivity contribution in [1.82, 2.24) is 20.1 Å². The van der Waals surface area contributed by atoms with E-state index in [1.54, 1.807) is 46.7 Å². The van der Waals surface area contributed by atoms with E-state index in [1.807, 2.05) is 31.3 Å². The van der Waals surface area contributed by atoms with Gasteiger partial charge in [0.05, 0.1) is 16.3 Å². The maximum atomic E-state index is 11.0. The molecule has 0 amide bonds. The summed E-state index contributed by atoms with van der Waals surface area (Å²) >= 11 is 1.58. The molecule has 25 heavy (non-hydrogen) atoms. The summed E-state index contributed by atoms with van der Waals surface area (Å²) in [6.45, 7) is 1.97. The van der Waals surface area contributed by atoms with Crippen LogP contribution in [0.15, 0.2) is 60.3 Å². The van der Waals surface area contributed by atoms with Gasteiger partial charge in [-0.3, -0.25) is 4.98 Å². The molecule has 0 aromatic carbocycles. The Kier molecular flexibility index (Phi) is 3.87. The highest BCUT2D eigenvalue weighted by Crippen LogP contribution is 2.33. The predicted molar refractivity (Wildman–Crippen MR) is 94.7 cm³/mol. The molecule has 4 aromatic rings. The molecule has 0 aliphatic rings. The van der Waals surface area contributed by atoms with Crippen molar-refractivity contribution in [3.05, 3.63) is 65.7 Å². The van der Waals surface area contributed by atoms with Crippen molar-refractivity contribution in [2.75, 3.05) is 0 Å². The second-order valence-corrected chi connectivity index (χ2v) is 6.32. The highest BCUT2D eigenvalue weighted by Gasteiger charge is 2.19. The maximum Gasteiger partial charge on any atom is 0.375 e. The molecular weight excluding hydrogens is 336 g/mol. The summed E-state index contributed by atoms with van der Waals surface area (Å²) in [6, 6.07) is 9.11. The summed E-state index contributed by atoms with van der Waals surface area (Å²) in [7, 11) is 0. The monoisotopic (exact) mass is 349 g/mol. The highest BCUT2D eigenvalue weighted by molar-refractivity contribution is 7.18. The molecule has 0 unspecified atom stereocenters. The molecule has 122 valence electrons. The molecule has 0 saturated carbocycles. The molecule has 8 heteroatoms. The van der Waals surface area contributed by atoms with Crippen LogP contribution in [-0.2, 0) is 0 Å². The number of pyridine rings is 2. The number of aryl methyl sites for hydroxylation is 1. The first-order valence-electron chi connectivity index (χ1n) is 7.54. The van der Waals surface area contributed by atoms with Crippen molar-refractivity contribution >= 4 is 17.0 Å². The number of nitrogens with zero attached hydrogens (tertiary/aromatic N) is 5. The first-order valence-corrected chi connectivity index (χ1v) is 8.35. The zero-order chi connectivity index (χ0) is 17.2. The third kappa shape index (κ3) is 2.83. The molecule has 4 rings (SSSR count). The van der Waals surface area contributed by atoms with Crippen molar-refractivity contribution < 1.29 is 4.68 Å². The third-order valence-electron chi connectivity index (χ3n) is 3.67. The lowest BCUT2D eigenvalue weighted by atomic mass is 10.3. The van der Waals surface area contributed by atoms with Crippen LogP contribution in [0.5, 0.6) is 0 Å². The third-order valence-corrected chi connectivity index (χ3v) is 4.91. The van der Waals surface area contributed by atoms with Crippen LogP contribution >= 0.6 is 11.3 Å². The molecule has 0 radical (unpaired) electrons. The van der Waals surface area contributed by atoms with Gasteiger partial charge in [-0.1, -0.05) is 0 Å². The second-order valence-electron chi connectivity index (χ2n) is 5.32. The van der Waals surface area contributed by atoms with Crippen LogP contribution in [0.1, 0.15) is 5.69 Å². The summed E-state index contributed by atoms with van der Waals surface area (Å²) in [5, 5.41) is 7.17. The zero-order valence-electron chi connectivity index (χ0n) is 13.2. The lowest BCUT2D eigenvalue weighted by Crippen LogP contribution is -2.33. The van der Waals surface area contributed by atoms with Gasteiger partial charge in [0.15, 0.2) is 0 Å². The van der Waals surface area contributed by atoms with Crippen molar-refractivity contribution in [3.63, 3.8) is 0 Å². The van der Waals surface area contributed by atoms with Crippen molar-refractivity contribution in [2.24, 2.45) is 5.18 Å². The summed E-state index contributed by atoms with van der Waals surface area (Å²) < 4.78 is 1.68. The van der Waals surface area contributed by atoms with Gasteiger partial charge in [0.2, 0.25) is 5.69 Å². The Labute approximate surface area is 147 Å². The topological polar surface area (TPSA) is 87.8 Å². The van der Waals surface area contributed by atoms with Gasteiger partial charge in [-0.05, 0) is 41.4 Å². The van der Waals surface area contributed by atoms with Crippen molar-refractivity contribution in [3.8, 4) is 27.0 Å². The zero-order valence-corrected chi connectivity index (χ0v) is 14.1. The SMILES string of the molecule is Cc1nc(-c2cccnc2)sc1-c1cc[n+](-c2ncccc2N=O)[nH]1. The molecule has 0 fully saturated rings. The van der Waals surface area contributed by atoms with Gasteiger partial charge in [0.1, 0.15) is 17.4 Å². The summed E-state index contributed by atoms with van der Waals surface area (Å²) in [5.74, 6) is 0.457. The number of aromatic amines is 1. The summed E-state index contributed by atoms with van der Waals surface area (Å²) in [5.41, 5.74) is 3.08. The smallest absolute Gasteiger partial charge is 0.264 e. The minimum absolute atomic E-state index is 0.276. The average Bonchev–Trinajstić information content (AvgIpc) is 3.29. The Hall–Kier alpha value is -3.26. The molecule has 0 bridgehead atoms. The van der Waals surface area contributed by atoms with E-state index in [4.69, 9.17) is 0 Å². The number of nitroso groups, excluding NO2 is 1. The van der Waals surface area contributed by atoms with Gasteiger partial charge < -0.3 is 0 Å². The number of nitrogens with one attached hydrogen (secondary N) is 1. The molecule has 0 spiro atoms. The minimum atomic E-state index is 0.276. The van der Waals surface area contributed by atoms with Crippen LogP contribution in [0.3, 0.4) is 0 Å². The second kappa shape index (κ2) is 6.33. The van der Waals surface area contributed by atoms with Crippen LogP contribution in [-0.4, -0.2) is 20.1 Å². The standard InChI is InChI=1S/C17H12N6OS/c1-11-15(25-17(20-11)12-4-2-7-18-10-12)13-6-9-23(21-13)16-14(22-24)5-3-8-19-16/h2-10H,1H3/p+1. The maximum absolute atomic E-state index is 11.0. The van der Waals surface area contributed by atoms with Gasteiger partial charge in [-0.25, -0.2) is 10.1 Å². The van der Waals surface area contributed by atoms with Crippen LogP contribution in [0.4, 0.5) is 5.69 Å². The van der Waals surface area contributed by atoms with E-state index >= 15 is 0 Å². The number of hydrogen-bond donors (Lipinski definition) is 1. The van der Waals surface area contributed by atoms with Gasteiger partial charge in [0, 0.05) is 24.0 Å². The lowest BCUT2D eigenvalue weighted by Gasteiger charge is -1.94. The average molecular weight is 349 g/mol. The number of H-pyrrole nitrogens is 1. The minimum Gasteiger partial charge on any atom is -0.264 e. The molecule has 0 aliphatic carbocycles. The molecule has 4 aromatic heterocycles. The van der Waals surface area contributed by atoms with E-state index in [2.05, 4.69) is 25.2 Å². The molecule has 1 N–H and O–H groups in total. The van der Waals surface area contributed by atoms with Crippen molar-refractivity contribution in [2.45, 2.75) is 6.92 Å². The van der Waals surface area contributed by atoms with E-state index in [1.165, 1.54) is 0 Å². The summed E-state index contributed by atoms with van der Waals surface area (Å²) in [6.07, 6.45) is 6.97. The van der Waals surface area contributed by atoms with Crippen LogP contribution in [0.2, 0.25) is 0 Å². The predicted octanol–water partition coefficient (Wildman–Crippen LogP) is 3.58. The first-order chi connectivity index (χ1) is 12.3. The Balaban J connectivity index is 1.74. The Bertz CT molecular complexity index is 1040. The normalized spacial score (nSPS) is 10.8. The van der Waals surface area contributed by atoms with Crippen LogP contribution < -0.4 is 4.68 Å². The fraction of sp³-hybridized carbons (Fsp3) is 0.0588. The van der Waals surface area contributed by atoms with Gasteiger partial charge in [-0.2, -0.15) is 0 Å². The van der Waals surface area contributed by atoms with Gasteiger partial charge >= 0.3 is 5.82 Å². The van der Waals surface area contributed by atoms with E-state index < -0.39 is 0 Å². The quantitative estimate of drug-likeness (QED) is 0.450.